The average Bonchev–Trinajstić information content (AvgIpc) is 3.98. The highest BCUT2D eigenvalue weighted by Gasteiger charge is 2.19. The Labute approximate surface area is 401 Å². The van der Waals surface area contributed by atoms with E-state index in [0.717, 1.165) is 72.5 Å². The summed E-state index contributed by atoms with van der Waals surface area (Å²) in [7, 11) is 0. The van der Waals surface area contributed by atoms with Crippen LogP contribution >= 0.6 is 0 Å². The Hall–Kier alpha value is -9.18. The van der Waals surface area contributed by atoms with Gasteiger partial charge in [-0.25, -0.2) is 0 Å². The van der Waals surface area contributed by atoms with E-state index < -0.39 is 0 Å². The van der Waals surface area contributed by atoms with Crippen molar-refractivity contribution < 1.29 is 4.42 Å². The Balaban J connectivity index is 0.890. The van der Waals surface area contributed by atoms with Gasteiger partial charge in [-0.1, -0.05) is 194 Å². The number of aromatic nitrogens is 1. The Morgan fingerprint density at radius 2 is 0.609 bits per heavy atom. The second-order valence-corrected chi connectivity index (χ2v) is 17.7. The van der Waals surface area contributed by atoms with Gasteiger partial charge in [-0.2, -0.15) is 0 Å². The summed E-state index contributed by atoms with van der Waals surface area (Å²) < 4.78 is 9.20. The number of anilines is 3. The van der Waals surface area contributed by atoms with Crippen molar-refractivity contribution in [1.82, 2.24) is 4.57 Å². The summed E-state index contributed by atoms with van der Waals surface area (Å²) in [4.78, 5) is 2.35. The fraction of sp³-hybridized carbons (Fsp3) is 0. The third-order valence-corrected chi connectivity index (χ3v) is 13.6. The summed E-state index contributed by atoms with van der Waals surface area (Å²) in [5, 5.41) is 4.69. The van der Waals surface area contributed by atoms with Gasteiger partial charge < -0.3 is 13.9 Å². The lowest BCUT2D eigenvalue weighted by atomic mass is 9.99. The minimum atomic E-state index is 0.895. The van der Waals surface area contributed by atoms with Crippen molar-refractivity contribution in [2.75, 3.05) is 4.90 Å². The lowest BCUT2D eigenvalue weighted by molar-refractivity contribution is 0.671. The normalized spacial score (nSPS) is 11.5. The average molecular weight is 881 g/mol. The van der Waals surface area contributed by atoms with Crippen molar-refractivity contribution in [3.63, 3.8) is 0 Å². The third-order valence-electron chi connectivity index (χ3n) is 13.6. The van der Waals surface area contributed by atoms with E-state index in [1.54, 1.807) is 0 Å². The van der Waals surface area contributed by atoms with Crippen molar-refractivity contribution in [1.29, 1.82) is 0 Å². The first-order valence-corrected chi connectivity index (χ1v) is 23.6. The Morgan fingerprint density at radius 1 is 0.261 bits per heavy atom. The molecule has 11 aromatic carbocycles. The molecule has 13 rings (SSSR count). The van der Waals surface area contributed by atoms with Gasteiger partial charge in [0.05, 0.1) is 11.0 Å². The zero-order valence-electron chi connectivity index (χ0n) is 37.7. The Kier molecular flexibility index (Phi) is 9.84. The second-order valence-electron chi connectivity index (χ2n) is 17.7. The van der Waals surface area contributed by atoms with Crippen LogP contribution in [-0.4, -0.2) is 4.57 Å². The molecule has 0 bridgehead atoms. The number of hydrogen-bond donors (Lipinski definition) is 0. The second kappa shape index (κ2) is 16.9. The minimum absolute atomic E-state index is 0.895. The maximum atomic E-state index is 6.81. The van der Waals surface area contributed by atoms with Crippen LogP contribution in [0.1, 0.15) is 0 Å². The predicted molar refractivity (Wildman–Crippen MR) is 290 cm³/mol. The number of para-hydroxylation sites is 3. The van der Waals surface area contributed by atoms with E-state index >= 15 is 0 Å². The maximum Gasteiger partial charge on any atom is 0.143 e. The topological polar surface area (TPSA) is 21.3 Å². The fourth-order valence-corrected chi connectivity index (χ4v) is 10.2. The van der Waals surface area contributed by atoms with Gasteiger partial charge in [-0.3, -0.25) is 0 Å². The van der Waals surface area contributed by atoms with Crippen LogP contribution in [-0.2, 0) is 0 Å². The zero-order valence-corrected chi connectivity index (χ0v) is 37.7. The van der Waals surface area contributed by atoms with Crippen LogP contribution in [0, 0.1) is 0 Å². The van der Waals surface area contributed by atoms with Crippen molar-refractivity contribution in [3.05, 3.63) is 267 Å². The van der Waals surface area contributed by atoms with Gasteiger partial charge >= 0.3 is 0 Å². The van der Waals surface area contributed by atoms with Crippen molar-refractivity contribution in [2.24, 2.45) is 0 Å². The van der Waals surface area contributed by atoms with Gasteiger partial charge in [-0.15, -0.1) is 0 Å². The molecular formula is C66H44N2O. The Morgan fingerprint density at radius 3 is 1.07 bits per heavy atom. The van der Waals surface area contributed by atoms with E-state index in [9.17, 15) is 0 Å². The highest BCUT2D eigenvalue weighted by Crippen LogP contribution is 2.43. The molecule has 0 fully saturated rings. The number of rotatable bonds is 9. The lowest BCUT2D eigenvalue weighted by Gasteiger charge is -2.26. The van der Waals surface area contributed by atoms with Gasteiger partial charge in [0.25, 0.3) is 0 Å². The maximum absolute atomic E-state index is 6.81. The first-order chi connectivity index (χ1) is 34.2. The molecule has 0 atom stereocenters. The molecule has 2 heterocycles. The molecule has 324 valence electrons. The Bertz CT molecular complexity index is 3950. The quantitative estimate of drug-likeness (QED) is 0.144. The van der Waals surface area contributed by atoms with Gasteiger partial charge in [0.15, 0.2) is 0 Å². The van der Waals surface area contributed by atoms with E-state index in [1.807, 2.05) is 0 Å². The smallest absolute Gasteiger partial charge is 0.143 e. The number of fused-ring (bicyclic) bond motifs is 6. The molecule has 69 heavy (non-hydrogen) atoms. The van der Waals surface area contributed by atoms with Gasteiger partial charge in [0, 0.05) is 55.4 Å². The molecule has 0 radical (unpaired) electrons. The van der Waals surface area contributed by atoms with Gasteiger partial charge in [0.2, 0.25) is 0 Å². The molecule has 3 nitrogen and oxygen atoms in total. The number of furan rings is 1. The SMILES string of the molecule is c1ccc(-c2ccc(N(c3ccc(-c4ccc5c(c4)c4cc(-c6ccccc6)ccc4n5-c4ccccc4)cc3)c3ccc(-c4cccc5c4oc4c(-c6ccccc6)cccc45)cc3)cc2)cc1. The van der Waals surface area contributed by atoms with Gasteiger partial charge in [0.1, 0.15) is 11.2 Å². The van der Waals surface area contributed by atoms with Crippen LogP contribution in [0.4, 0.5) is 17.1 Å². The van der Waals surface area contributed by atoms with Crippen molar-refractivity contribution >= 4 is 60.8 Å². The first kappa shape index (κ1) is 40.1. The number of benzene rings is 11. The van der Waals surface area contributed by atoms with Crippen LogP contribution in [0.15, 0.2) is 271 Å². The van der Waals surface area contributed by atoms with E-state index in [0.29, 0.717) is 0 Å². The van der Waals surface area contributed by atoms with Crippen LogP contribution in [0.2, 0.25) is 0 Å². The van der Waals surface area contributed by atoms with Crippen molar-refractivity contribution in [2.45, 2.75) is 0 Å². The molecule has 0 saturated heterocycles. The summed E-state index contributed by atoms with van der Waals surface area (Å²) in [6, 6.07) is 95.9. The summed E-state index contributed by atoms with van der Waals surface area (Å²) in [6.07, 6.45) is 0. The number of hydrogen-bond acceptors (Lipinski definition) is 2. The summed E-state index contributed by atoms with van der Waals surface area (Å²) in [5.74, 6) is 0. The monoisotopic (exact) mass is 880 g/mol. The van der Waals surface area contributed by atoms with E-state index in [4.69, 9.17) is 4.42 Å². The summed E-state index contributed by atoms with van der Waals surface area (Å²) in [5.41, 5.74) is 20.1. The predicted octanol–water partition coefficient (Wildman–Crippen LogP) is 18.5. The molecule has 0 N–H and O–H groups in total. The molecule has 2 aromatic heterocycles. The molecule has 0 aliphatic carbocycles. The lowest BCUT2D eigenvalue weighted by Crippen LogP contribution is -2.09. The molecule has 0 spiro atoms. The van der Waals surface area contributed by atoms with E-state index in [-0.39, 0.29) is 0 Å². The fourth-order valence-electron chi connectivity index (χ4n) is 10.2. The van der Waals surface area contributed by atoms with Crippen LogP contribution < -0.4 is 4.90 Å². The summed E-state index contributed by atoms with van der Waals surface area (Å²) in [6.45, 7) is 0. The number of nitrogens with zero attached hydrogens (tertiary/aromatic N) is 2. The van der Waals surface area contributed by atoms with Gasteiger partial charge in [-0.05, 0) is 117 Å². The van der Waals surface area contributed by atoms with E-state index in [2.05, 4.69) is 276 Å². The highest BCUT2D eigenvalue weighted by molar-refractivity contribution is 6.14. The largest absolute Gasteiger partial charge is 0.455 e. The molecule has 0 amide bonds. The first-order valence-electron chi connectivity index (χ1n) is 23.6. The summed E-state index contributed by atoms with van der Waals surface area (Å²) >= 11 is 0. The van der Waals surface area contributed by atoms with Crippen LogP contribution in [0.25, 0.3) is 105 Å². The molecule has 3 heteroatoms. The molecule has 0 unspecified atom stereocenters. The minimum Gasteiger partial charge on any atom is -0.455 e. The molecule has 0 aliphatic rings. The molecule has 0 saturated carbocycles. The molecule has 0 aliphatic heterocycles. The third kappa shape index (κ3) is 7.16. The highest BCUT2D eigenvalue weighted by atomic mass is 16.3. The standard InChI is InChI=1S/C66H44N2O/c1-5-15-45(16-6-1)47-27-35-54(36-28-47)67(56-39-31-50(32-40-56)58-24-14-26-60-59-25-13-23-57(65(59)69-66(58)60)49-19-9-3-10-20-49)55-37-29-48(30-38-55)52-34-42-64-62(44-52)61-43-51(46-17-7-2-8-18-46)33-41-63(61)68(64)53-21-11-4-12-22-53/h1-44H. The molecular weight excluding hydrogens is 837 g/mol. The molecule has 13 aromatic rings. The van der Waals surface area contributed by atoms with E-state index in [1.165, 1.54) is 49.6 Å². The zero-order chi connectivity index (χ0) is 45.7. The van der Waals surface area contributed by atoms with Crippen molar-refractivity contribution in [3.8, 4) is 61.3 Å². The van der Waals surface area contributed by atoms with Crippen LogP contribution in [0.5, 0.6) is 0 Å². The van der Waals surface area contributed by atoms with Crippen LogP contribution in [0.3, 0.4) is 0 Å².